The van der Waals surface area contributed by atoms with Gasteiger partial charge in [-0.15, -0.1) is 0 Å². The fraction of sp³-hybridized carbons (Fsp3) is 0.929. The number of amides is 1. The molecule has 0 rings (SSSR count). The molecule has 3 heteroatoms. The third kappa shape index (κ3) is 8.19. The summed E-state index contributed by atoms with van der Waals surface area (Å²) < 4.78 is 0. The maximum atomic E-state index is 11.1. The van der Waals surface area contributed by atoms with Crippen LogP contribution in [0.5, 0.6) is 0 Å². The second kappa shape index (κ2) is 10.6. The van der Waals surface area contributed by atoms with E-state index in [0.717, 1.165) is 38.3 Å². The molecule has 1 amide bonds. The Morgan fingerprint density at radius 3 is 2.35 bits per heavy atom. The van der Waals surface area contributed by atoms with E-state index in [4.69, 9.17) is 5.73 Å². The van der Waals surface area contributed by atoms with Crippen LogP contribution in [0.4, 0.5) is 0 Å². The van der Waals surface area contributed by atoms with Crippen molar-refractivity contribution in [2.75, 3.05) is 13.1 Å². The highest BCUT2D eigenvalue weighted by Crippen LogP contribution is 2.18. The van der Waals surface area contributed by atoms with Crippen LogP contribution in [-0.2, 0) is 4.79 Å². The van der Waals surface area contributed by atoms with E-state index in [0.29, 0.717) is 0 Å². The van der Waals surface area contributed by atoms with E-state index in [2.05, 4.69) is 19.2 Å². The van der Waals surface area contributed by atoms with Crippen LogP contribution in [0.25, 0.3) is 0 Å². The van der Waals surface area contributed by atoms with Gasteiger partial charge in [-0.1, -0.05) is 33.6 Å². The van der Waals surface area contributed by atoms with Crippen molar-refractivity contribution >= 4 is 5.91 Å². The van der Waals surface area contributed by atoms with Gasteiger partial charge in [0, 0.05) is 5.92 Å². The molecule has 0 saturated heterocycles. The molecule has 0 aromatic rings. The summed E-state index contributed by atoms with van der Waals surface area (Å²) in [5.74, 6) is 0.702. The van der Waals surface area contributed by atoms with Gasteiger partial charge in [-0.3, -0.25) is 4.79 Å². The molecule has 0 fully saturated rings. The Hall–Kier alpha value is -0.570. The molecular formula is C14H30N2O. The Balaban J connectivity index is 3.82. The molecule has 0 bridgehead atoms. The zero-order valence-corrected chi connectivity index (χ0v) is 11.8. The number of carbonyl (C=O) groups excluding carboxylic acids is 1. The predicted molar refractivity (Wildman–Crippen MR) is 73.8 cm³/mol. The molecule has 0 heterocycles. The first-order valence-electron chi connectivity index (χ1n) is 7.15. The van der Waals surface area contributed by atoms with Gasteiger partial charge in [-0.2, -0.15) is 0 Å². The quantitative estimate of drug-likeness (QED) is 0.585. The van der Waals surface area contributed by atoms with Crippen LogP contribution in [0.3, 0.4) is 0 Å². The first-order valence-corrected chi connectivity index (χ1v) is 7.15. The minimum absolute atomic E-state index is 0.0800. The monoisotopic (exact) mass is 242 g/mol. The van der Waals surface area contributed by atoms with E-state index in [1.807, 2.05) is 6.92 Å². The fourth-order valence-corrected chi connectivity index (χ4v) is 2.31. The van der Waals surface area contributed by atoms with Crippen molar-refractivity contribution in [2.45, 2.75) is 59.3 Å². The Morgan fingerprint density at radius 2 is 1.88 bits per heavy atom. The van der Waals surface area contributed by atoms with Crippen molar-refractivity contribution in [1.29, 1.82) is 0 Å². The molecule has 17 heavy (non-hydrogen) atoms. The van der Waals surface area contributed by atoms with Crippen molar-refractivity contribution in [3.8, 4) is 0 Å². The predicted octanol–water partition coefficient (Wildman–Crippen LogP) is 2.69. The lowest BCUT2D eigenvalue weighted by Crippen LogP contribution is -2.24. The average Bonchev–Trinajstić information content (AvgIpc) is 2.30. The van der Waals surface area contributed by atoms with Gasteiger partial charge >= 0.3 is 0 Å². The standard InChI is InChI=1S/C14H30N2O/c1-4-8-12(11-16-6-3)9-7-10-13(5-2)14(15)17/h12-13,16H,4-11H2,1-3H3,(H2,15,17). The Bertz CT molecular complexity index is 195. The number of nitrogens with one attached hydrogen (secondary N) is 1. The van der Waals surface area contributed by atoms with Gasteiger partial charge in [0.15, 0.2) is 0 Å². The summed E-state index contributed by atoms with van der Waals surface area (Å²) in [6.45, 7) is 8.56. The maximum Gasteiger partial charge on any atom is 0.220 e. The zero-order valence-electron chi connectivity index (χ0n) is 11.8. The molecule has 2 unspecified atom stereocenters. The molecule has 0 saturated carbocycles. The van der Waals surface area contributed by atoms with Gasteiger partial charge in [0.05, 0.1) is 0 Å². The maximum absolute atomic E-state index is 11.1. The first kappa shape index (κ1) is 16.4. The minimum atomic E-state index is -0.133. The van der Waals surface area contributed by atoms with Crippen LogP contribution in [0.1, 0.15) is 59.3 Å². The summed E-state index contributed by atoms with van der Waals surface area (Å²) in [5.41, 5.74) is 5.35. The summed E-state index contributed by atoms with van der Waals surface area (Å²) in [4.78, 5) is 11.1. The molecule has 0 aromatic heterocycles. The minimum Gasteiger partial charge on any atom is -0.369 e. The molecular weight excluding hydrogens is 212 g/mol. The molecule has 0 spiro atoms. The number of rotatable bonds is 11. The molecule has 3 nitrogen and oxygen atoms in total. The number of hydrogen-bond donors (Lipinski definition) is 2. The highest BCUT2D eigenvalue weighted by Gasteiger charge is 2.14. The Kier molecular flexibility index (Phi) is 10.2. The van der Waals surface area contributed by atoms with Gasteiger partial charge in [-0.05, 0) is 44.7 Å². The zero-order chi connectivity index (χ0) is 13.1. The van der Waals surface area contributed by atoms with Crippen LogP contribution >= 0.6 is 0 Å². The van der Waals surface area contributed by atoms with Gasteiger partial charge < -0.3 is 11.1 Å². The van der Waals surface area contributed by atoms with Crippen molar-refractivity contribution in [1.82, 2.24) is 5.32 Å². The normalized spacial score (nSPS) is 14.5. The fourth-order valence-electron chi connectivity index (χ4n) is 2.31. The van der Waals surface area contributed by atoms with E-state index in [-0.39, 0.29) is 11.8 Å². The van der Waals surface area contributed by atoms with E-state index in [1.165, 1.54) is 19.3 Å². The number of hydrogen-bond acceptors (Lipinski definition) is 2. The molecule has 0 aromatic carbocycles. The second-order valence-corrected chi connectivity index (χ2v) is 4.90. The van der Waals surface area contributed by atoms with Crippen LogP contribution in [0.2, 0.25) is 0 Å². The lowest BCUT2D eigenvalue weighted by molar-refractivity contribution is -0.122. The number of carbonyl (C=O) groups is 1. The van der Waals surface area contributed by atoms with Crippen molar-refractivity contribution in [2.24, 2.45) is 17.6 Å². The van der Waals surface area contributed by atoms with Crippen LogP contribution in [-0.4, -0.2) is 19.0 Å². The molecule has 0 radical (unpaired) electrons. The van der Waals surface area contributed by atoms with Crippen molar-refractivity contribution in [3.05, 3.63) is 0 Å². The third-order valence-corrected chi connectivity index (χ3v) is 3.44. The SMILES string of the molecule is CCCC(CCCC(CC)C(N)=O)CNCC. The summed E-state index contributed by atoms with van der Waals surface area (Å²) in [6, 6.07) is 0. The van der Waals surface area contributed by atoms with Gasteiger partial charge in [0.25, 0.3) is 0 Å². The highest BCUT2D eigenvalue weighted by atomic mass is 16.1. The summed E-state index contributed by atoms with van der Waals surface area (Å²) in [7, 11) is 0. The largest absolute Gasteiger partial charge is 0.369 e. The van der Waals surface area contributed by atoms with Gasteiger partial charge in [0.1, 0.15) is 0 Å². The molecule has 3 N–H and O–H groups in total. The molecule has 0 aliphatic heterocycles. The second-order valence-electron chi connectivity index (χ2n) is 4.90. The molecule has 102 valence electrons. The lowest BCUT2D eigenvalue weighted by Gasteiger charge is -2.17. The topological polar surface area (TPSA) is 55.1 Å². The average molecular weight is 242 g/mol. The Morgan fingerprint density at radius 1 is 1.18 bits per heavy atom. The van der Waals surface area contributed by atoms with E-state index in [1.54, 1.807) is 0 Å². The number of nitrogens with two attached hydrogens (primary N) is 1. The summed E-state index contributed by atoms with van der Waals surface area (Å²) >= 11 is 0. The first-order chi connectivity index (χ1) is 8.15. The van der Waals surface area contributed by atoms with Crippen LogP contribution in [0.15, 0.2) is 0 Å². The smallest absolute Gasteiger partial charge is 0.220 e. The molecule has 0 aliphatic rings. The van der Waals surface area contributed by atoms with Crippen molar-refractivity contribution < 1.29 is 4.79 Å². The van der Waals surface area contributed by atoms with Crippen LogP contribution in [0, 0.1) is 11.8 Å². The van der Waals surface area contributed by atoms with E-state index >= 15 is 0 Å². The molecule has 2 atom stereocenters. The lowest BCUT2D eigenvalue weighted by atomic mass is 9.92. The van der Waals surface area contributed by atoms with Crippen LogP contribution < -0.4 is 11.1 Å². The van der Waals surface area contributed by atoms with E-state index in [9.17, 15) is 4.79 Å². The third-order valence-electron chi connectivity index (χ3n) is 3.44. The Labute approximate surface area is 107 Å². The molecule has 0 aliphatic carbocycles. The number of primary amides is 1. The van der Waals surface area contributed by atoms with Gasteiger partial charge in [0.2, 0.25) is 5.91 Å². The summed E-state index contributed by atoms with van der Waals surface area (Å²) in [5, 5.41) is 3.42. The highest BCUT2D eigenvalue weighted by molar-refractivity contribution is 5.76. The van der Waals surface area contributed by atoms with Gasteiger partial charge in [-0.25, -0.2) is 0 Å². The summed E-state index contributed by atoms with van der Waals surface area (Å²) in [6.07, 6.45) is 6.69. The van der Waals surface area contributed by atoms with E-state index < -0.39 is 0 Å². The van der Waals surface area contributed by atoms with Crippen molar-refractivity contribution in [3.63, 3.8) is 0 Å².